The van der Waals surface area contributed by atoms with Gasteiger partial charge in [-0.2, -0.15) is 0 Å². The molecule has 2 aromatic carbocycles. The van der Waals surface area contributed by atoms with E-state index in [0.29, 0.717) is 17.2 Å². The monoisotopic (exact) mass is 400 g/mol. The summed E-state index contributed by atoms with van der Waals surface area (Å²) in [7, 11) is 0. The quantitative estimate of drug-likeness (QED) is 0.672. The first kappa shape index (κ1) is 20.4. The lowest BCUT2D eigenvalue weighted by molar-refractivity contribution is 0.0814. The summed E-state index contributed by atoms with van der Waals surface area (Å²) in [6, 6.07) is 10.1. The van der Waals surface area contributed by atoms with Crippen LogP contribution in [0.4, 0.5) is 8.78 Å². The van der Waals surface area contributed by atoms with Gasteiger partial charge in [0.05, 0.1) is 0 Å². The molecule has 3 rings (SSSR count). The largest absolute Gasteiger partial charge is 0.474 e. The average molecular weight is 400 g/mol. The number of hydrogen-bond donors (Lipinski definition) is 1. The summed E-state index contributed by atoms with van der Waals surface area (Å²) < 4.78 is 35.7. The van der Waals surface area contributed by atoms with Gasteiger partial charge in [0, 0.05) is 17.2 Å². The van der Waals surface area contributed by atoms with Crippen LogP contribution in [-0.2, 0) is 5.60 Å². The zero-order valence-electron chi connectivity index (χ0n) is 16.6. The smallest absolute Gasteiger partial charge is 0.248 e. The topological polar surface area (TPSA) is 83.0 Å². The Hall–Kier alpha value is -3.29. The first-order valence-electron chi connectivity index (χ1n) is 9.10. The van der Waals surface area contributed by atoms with Gasteiger partial charge in [0.1, 0.15) is 0 Å². The van der Waals surface area contributed by atoms with Crippen molar-refractivity contribution in [1.82, 2.24) is 14.8 Å². The van der Waals surface area contributed by atoms with Gasteiger partial charge in [-0.25, -0.2) is 8.78 Å². The van der Waals surface area contributed by atoms with Crippen LogP contribution in [0.5, 0.6) is 5.75 Å². The number of carbonyl (C=O) groups is 1. The van der Waals surface area contributed by atoms with Gasteiger partial charge in [0.25, 0.3) is 0 Å². The Kier molecular flexibility index (Phi) is 5.37. The number of nitrogens with two attached hydrogens (primary N) is 1. The Morgan fingerprint density at radius 3 is 2.17 bits per heavy atom. The third-order valence-corrected chi connectivity index (χ3v) is 4.45. The first-order chi connectivity index (χ1) is 13.6. The second kappa shape index (κ2) is 7.62. The van der Waals surface area contributed by atoms with Gasteiger partial charge < -0.3 is 15.0 Å². The van der Waals surface area contributed by atoms with E-state index in [1.165, 1.54) is 6.07 Å². The molecule has 0 atom stereocenters. The molecule has 0 fully saturated rings. The number of nitrogens with zero attached hydrogens (tertiary/aromatic N) is 3. The van der Waals surface area contributed by atoms with E-state index in [1.54, 1.807) is 38.1 Å². The fourth-order valence-electron chi connectivity index (χ4n) is 3.05. The van der Waals surface area contributed by atoms with Gasteiger partial charge in [-0.15, -0.1) is 10.2 Å². The van der Waals surface area contributed by atoms with Crippen LogP contribution in [0.1, 0.15) is 49.9 Å². The van der Waals surface area contributed by atoms with Gasteiger partial charge in [-0.3, -0.25) is 4.79 Å². The van der Waals surface area contributed by atoms with E-state index in [-0.39, 0.29) is 6.04 Å². The molecule has 0 aliphatic carbocycles. The molecule has 0 saturated heterocycles. The van der Waals surface area contributed by atoms with Crippen molar-refractivity contribution in [3.05, 3.63) is 65.5 Å². The number of aromatic nitrogens is 3. The molecular weight excluding hydrogens is 378 g/mol. The maximum absolute atomic E-state index is 14.1. The standard InChI is InChI=1S/C21H22F2N4O2/c1-12(2)27-19(14-10-8-13(9-11-14)18(24)28)25-26-20(27)21(3,4)29-17-15(22)6-5-7-16(17)23/h5-12H,1-4H3,(H2,24,28). The third kappa shape index (κ3) is 3.96. The third-order valence-electron chi connectivity index (χ3n) is 4.45. The molecular formula is C21H22F2N4O2. The van der Waals surface area contributed by atoms with Gasteiger partial charge in [-0.1, -0.05) is 18.2 Å². The van der Waals surface area contributed by atoms with Gasteiger partial charge in [-0.05, 0) is 52.0 Å². The summed E-state index contributed by atoms with van der Waals surface area (Å²) in [5, 5.41) is 8.51. The number of ether oxygens (including phenoxy) is 1. The zero-order chi connectivity index (χ0) is 21.3. The molecule has 0 aliphatic heterocycles. The number of halogens is 2. The normalized spacial score (nSPS) is 11.7. The number of carbonyl (C=O) groups excluding carboxylic acids is 1. The molecule has 0 aliphatic rings. The Balaban J connectivity index is 2.05. The minimum absolute atomic E-state index is 0.0702. The number of benzene rings is 2. The minimum Gasteiger partial charge on any atom is -0.474 e. The van der Waals surface area contributed by atoms with Crippen LogP contribution in [0, 0.1) is 11.6 Å². The number of hydrogen-bond acceptors (Lipinski definition) is 4. The summed E-state index contributed by atoms with van der Waals surface area (Å²) in [6.07, 6.45) is 0. The Morgan fingerprint density at radius 2 is 1.66 bits per heavy atom. The number of rotatable bonds is 6. The van der Waals surface area contributed by atoms with Crippen LogP contribution in [0.15, 0.2) is 42.5 Å². The molecule has 6 nitrogen and oxygen atoms in total. The number of primary amides is 1. The van der Waals surface area contributed by atoms with E-state index in [9.17, 15) is 13.6 Å². The highest BCUT2D eigenvalue weighted by Gasteiger charge is 2.33. The number of amides is 1. The maximum Gasteiger partial charge on any atom is 0.248 e. The molecule has 152 valence electrons. The van der Waals surface area contributed by atoms with Crippen molar-refractivity contribution < 1.29 is 18.3 Å². The van der Waals surface area contributed by atoms with Crippen LogP contribution >= 0.6 is 0 Å². The Morgan fingerprint density at radius 1 is 1.07 bits per heavy atom. The van der Waals surface area contributed by atoms with Gasteiger partial charge in [0.2, 0.25) is 5.91 Å². The molecule has 0 radical (unpaired) electrons. The average Bonchev–Trinajstić information content (AvgIpc) is 3.11. The van der Waals surface area contributed by atoms with Crippen LogP contribution in [0.3, 0.4) is 0 Å². The molecule has 1 heterocycles. The molecule has 0 bridgehead atoms. The van der Waals surface area contributed by atoms with Crippen molar-refractivity contribution >= 4 is 5.91 Å². The lowest BCUT2D eigenvalue weighted by Gasteiger charge is -2.28. The van der Waals surface area contributed by atoms with Crippen LogP contribution in [-0.4, -0.2) is 20.7 Å². The van der Waals surface area contributed by atoms with Crippen LogP contribution < -0.4 is 10.5 Å². The SMILES string of the molecule is CC(C)n1c(-c2ccc(C(N)=O)cc2)nnc1C(C)(C)Oc1c(F)cccc1F. The summed E-state index contributed by atoms with van der Waals surface area (Å²) >= 11 is 0. The van der Waals surface area contributed by atoms with Crippen molar-refractivity contribution in [2.24, 2.45) is 5.73 Å². The second-order valence-electron chi connectivity index (χ2n) is 7.42. The van der Waals surface area contributed by atoms with E-state index in [0.717, 1.165) is 17.7 Å². The second-order valence-corrected chi connectivity index (χ2v) is 7.42. The molecule has 0 saturated carbocycles. The highest BCUT2D eigenvalue weighted by molar-refractivity contribution is 5.93. The van der Waals surface area contributed by atoms with E-state index in [1.807, 2.05) is 18.4 Å². The molecule has 1 aromatic heterocycles. The highest BCUT2D eigenvalue weighted by Crippen LogP contribution is 2.34. The molecule has 2 N–H and O–H groups in total. The molecule has 0 spiro atoms. The molecule has 29 heavy (non-hydrogen) atoms. The molecule has 1 amide bonds. The van der Waals surface area contributed by atoms with E-state index < -0.39 is 28.9 Å². The van der Waals surface area contributed by atoms with E-state index in [4.69, 9.17) is 10.5 Å². The predicted molar refractivity (Wildman–Crippen MR) is 104 cm³/mol. The van der Waals surface area contributed by atoms with E-state index >= 15 is 0 Å². The summed E-state index contributed by atoms with van der Waals surface area (Å²) in [5.41, 5.74) is 5.21. The molecule has 8 heteroatoms. The first-order valence-corrected chi connectivity index (χ1v) is 9.10. The summed E-state index contributed by atoms with van der Waals surface area (Å²) in [4.78, 5) is 11.3. The van der Waals surface area contributed by atoms with Crippen LogP contribution in [0.2, 0.25) is 0 Å². The summed E-state index contributed by atoms with van der Waals surface area (Å²) in [6.45, 7) is 7.21. The minimum atomic E-state index is -1.17. The van der Waals surface area contributed by atoms with Crippen LogP contribution in [0.25, 0.3) is 11.4 Å². The van der Waals surface area contributed by atoms with Gasteiger partial charge in [0.15, 0.2) is 34.6 Å². The fourth-order valence-corrected chi connectivity index (χ4v) is 3.05. The summed E-state index contributed by atoms with van der Waals surface area (Å²) in [5.74, 6) is -1.64. The lowest BCUT2D eigenvalue weighted by atomic mass is 10.1. The van der Waals surface area contributed by atoms with Crippen molar-refractivity contribution in [2.45, 2.75) is 39.3 Å². The van der Waals surface area contributed by atoms with Crippen molar-refractivity contribution in [3.8, 4) is 17.1 Å². The van der Waals surface area contributed by atoms with Crippen molar-refractivity contribution in [2.75, 3.05) is 0 Å². The molecule has 0 unspecified atom stereocenters. The predicted octanol–water partition coefficient (Wildman–Crippen LogP) is 4.22. The van der Waals surface area contributed by atoms with E-state index in [2.05, 4.69) is 10.2 Å². The zero-order valence-corrected chi connectivity index (χ0v) is 16.6. The van der Waals surface area contributed by atoms with Crippen molar-refractivity contribution in [1.29, 1.82) is 0 Å². The molecule has 3 aromatic rings. The highest BCUT2D eigenvalue weighted by atomic mass is 19.1. The number of para-hydroxylation sites is 1. The fraction of sp³-hybridized carbons (Fsp3) is 0.286. The maximum atomic E-state index is 14.1. The van der Waals surface area contributed by atoms with Crippen molar-refractivity contribution in [3.63, 3.8) is 0 Å². The Bertz CT molecular complexity index is 1020. The Labute approximate surface area is 167 Å². The van der Waals surface area contributed by atoms with Gasteiger partial charge >= 0.3 is 0 Å². The lowest BCUT2D eigenvalue weighted by Crippen LogP contribution is -2.31.